The first kappa shape index (κ1) is 17.3. The average molecular weight is 370 g/mol. The lowest BCUT2D eigenvalue weighted by Gasteiger charge is -2.17. The van der Waals surface area contributed by atoms with Crippen molar-refractivity contribution in [3.63, 3.8) is 0 Å². The topological polar surface area (TPSA) is 46.2 Å². The summed E-state index contributed by atoms with van der Waals surface area (Å²) in [4.78, 5) is -0.140. The Morgan fingerprint density at radius 2 is 1.95 bits per heavy atom. The van der Waals surface area contributed by atoms with E-state index in [0.717, 1.165) is 12.1 Å². The Bertz CT molecular complexity index is 758. The Labute approximate surface area is 134 Å². The van der Waals surface area contributed by atoms with E-state index in [1.54, 1.807) is 24.4 Å². The van der Waals surface area contributed by atoms with Crippen LogP contribution in [0.15, 0.2) is 40.6 Å². The van der Waals surface area contributed by atoms with Gasteiger partial charge in [-0.2, -0.15) is 13.2 Å². The summed E-state index contributed by atoms with van der Waals surface area (Å²) in [5, 5.41) is 1.57. The van der Waals surface area contributed by atoms with Gasteiger partial charge in [-0.15, -0.1) is 11.3 Å². The standard InChI is InChI=1S/C13H11ClF3NO2S2/c1-8(11-3-2-6-21-11)18-22(19,20)12-5-4-9(14)7-10(12)13(15,16)17/h2-8,18H,1H3/t8-/m1/s1. The number of sulfonamides is 1. The van der Waals surface area contributed by atoms with Crippen molar-refractivity contribution in [1.82, 2.24) is 4.72 Å². The molecule has 1 heterocycles. The molecule has 0 saturated carbocycles. The maximum atomic E-state index is 13.0. The first-order chi connectivity index (χ1) is 10.1. The van der Waals surface area contributed by atoms with Crippen LogP contribution in [0.2, 0.25) is 5.02 Å². The summed E-state index contributed by atoms with van der Waals surface area (Å²) in [6, 6.07) is 5.36. The number of nitrogens with one attached hydrogen (secondary N) is 1. The molecular formula is C13H11ClF3NO2S2. The number of hydrogen-bond donors (Lipinski definition) is 1. The molecule has 0 amide bonds. The molecule has 0 fully saturated rings. The van der Waals surface area contributed by atoms with Gasteiger partial charge in [0.25, 0.3) is 0 Å². The van der Waals surface area contributed by atoms with E-state index < -0.39 is 32.7 Å². The van der Waals surface area contributed by atoms with Gasteiger partial charge < -0.3 is 0 Å². The summed E-state index contributed by atoms with van der Waals surface area (Å²) >= 11 is 6.86. The fraction of sp³-hybridized carbons (Fsp3) is 0.231. The fourth-order valence-corrected chi connectivity index (χ4v) is 4.26. The first-order valence-electron chi connectivity index (χ1n) is 6.04. The third-order valence-corrected chi connectivity index (χ3v) is 5.73. The molecule has 0 spiro atoms. The maximum absolute atomic E-state index is 13.0. The van der Waals surface area contributed by atoms with E-state index in [1.165, 1.54) is 11.3 Å². The van der Waals surface area contributed by atoms with Crippen molar-refractivity contribution in [2.24, 2.45) is 0 Å². The molecule has 120 valence electrons. The second-order valence-electron chi connectivity index (χ2n) is 4.50. The highest BCUT2D eigenvalue weighted by atomic mass is 35.5. The van der Waals surface area contributed by atoms with Crippen molar-refractivity contribution in [3.05, 3.63) is 51.2 Å². The molecule has 3 nitrogen and oxygen atoms in total. The molecule has 0 radical (unpaired) electrons. The smallest absolute Gasteiger partial charge is 0.207 e. The van der Waals surface area contributed by atoms with Crippen LogP contribution in [0.1, 0.15) is 23.4 Å². The normalized spacial score (nSPS) is 14.0. The summed E-state index contributed by atoms with van der Waals surface area (Å²) in [5.74, 6) is 0. The summed E-state index contributed by atoms with van der Waals surface area (Å²) in [7, 11) is -4.34. The molecule has 1 atom stereocenters. The minimum absolute atomic E-state index is 0.183. The average Bonchev–Trinajstić information content (AvgIpc) is 2.90. The van der Waals surface area contributed by atoms with Gasteiger partial charge in [0.2, 0.25) is 10.0 Å². The van der Waals surface area contributed by atoms with Gasteiger partial charge in [-0.3, -0.25) is 0 Å². The molecule has 0 saturated heterocycles. The molecule has 0 bridgehead atoms. The van der Waals surface area contributed by atoms with Gasteiger partial charge in [0, 0.05) is 9.90 Å². The van der Waals surface area contributed by atoms with E-state index in [2.05, 4.69) is 4.72 Å². The second-order valence-corrected chi connectivity index (χ2v) is 7.59. The van der Waals surface area contributed by atoms with Crippen LogP contribution in [-0.4, -0.2) is 8.42 Å². The number of hydrogen-bond acceptors (Lipinski definition) is 3. The van der Waals surface area contributed by atoms with Gasteiger partial charge in [-0.25, -0.2) is 13.1 Å². The van der Waals surface area contributed by atoms with Crippen LogP contribution >= 0.6 is 22.9 Å². The van der Waals surface area contributed by atoms with Crippen molar-refractivity contribution in [3.8, 4) is 0 Å². The Morgan fingerprint density at radius 1 is 1.27 bits per heavy atom. The van der Waals surface area contributed by atoms with Gasteiger partial charge in [-0.05, 0) is 36.6 Å². The van der Waals surface area contributed by atoms with E-state index in [-0.39, 0.29) is 5.02 Å². The van der Waals surface area contributed by atoms with Crippen LogP contribution < -0.4 is 4.72 Å². The van der Waals surface area contributed by atoms with Gasteiger partial charge in [0.05, 0.1) is 16.5 Å². The van der Waals surface area contributed by atoms with E-state index >= 15 is 0 Å². The summed E-state index contributed by atoms with van der Waals surface area (Å²) in [6.45, 7) is 1.56. The predicted octanol–water partition coefficient (Wildman–Crippen LogP) is 4.46. The van der Waals surface area contributed by atoms with Crippen molar-refractivity contribution >= 4 is 33.0 Å². The highest BCUT2D eigenvalue weighted by Gasteiger charge is 2.37. The van der Waals surface area contributed by atoms with Crippen LogP contribution in [0, 0.1) is 0 Å². The largest absolute Gasteiger partial charge is 0.417 e. The quantitative estimate of drug-likeness (QED) is 0.864. The lowest BCUT2D eigenvalue weighted by Crippen LogP contribution is -2.28. The van der Waals surface area contributed by atoms with Crippen molar-refractivity contribution < 1.29 is 21.6 Å². The van der Waals surface area contributed by atoms with Gasteiger partial charge in [0.15, 0.2) is 0 Å². The lowest BCUT2D eigenvalue weighted by molar-refractivity contribution is -0.139. The third-order valence-electron chi connectivity index (χ3n) is 2.84. The van der Waals surface area contributed by atoms with Gasteiger partial charge in [-0.1, -0.05) is 17.7 Å². The number of rotatable bonds is 4. The van der Waals surface area contributed by atoms with E-state index in [4.69, 9.17) is 11.6 Å². The van der Waals surface area contributed by atoms with Crippen LogP contribution in [-0.2, 0) is 16.2 Å². The molecule has 0 aliphatic carbocycles. The molecule has 2 rings (SSSR count). The molecule has 1 N–H and O–H groups in total. The van der Waals surface area contributed by atoms with Crippen LogP contribution in [0.3, 0.4) is 0 Å². The molecule has 1 aromatic heterocycles. The Hall–Kier alpha value is -1.09. The highest BCUT2D eigenvalue weighted by Crippen LogP contribution is 2.36. The van der Waals surface area contributed by atoms with E-state index in [0.29, 0.717) is 10.9 Å². The lowest BCUT2D eigenvalue weighted by atomic mass is 10.2. The summed E-state index contributed by atoms with van der Waals surface area (Å²) < 4.78 is 65.8. The fourth-order valence-electron chi connectivity index (χ4n) is 1.85. The van der Waals surface area contributed by atoms with Crippen LogP contribution in [0.25, 0.3) is 0 Å². The number of benzene rings is 1. The number of thiophene rings is 1. The van der Waals surface area contributed by atoms with Crippen molar-refractivity contribution in [1.29, 1.82) is 0 Å². The molecular weight excluding hydrogens is 359 g/mol. The summed E-state index contributed by atoms with van der Waals surface area (Å²) in [5.41, 5.74) is -1.29. The maximum Gasteiger partial charge on any atom is 0.417 e. The monoisotopic (exact) mass is 369 g/mol. The molecule has 1 aromatic carbocycles. The minimum Gasteiger partial charge on any atom is -0.207 e. The number of alkyl halides is 3. The van der Waals surface area contributed by atoms with Gasteiger partial charge in [0.1, 0.15) is 0 Å². The second kappa shape index (κ2) is 6.19. The van der Waals surface area contributed by atoms with Crippen LogP contribution in [0.5, 0.6) is 0 Å². The van der Waals surface area contributed by atoms with E-state index in [1.807, 2.05) is 0 Å². The first-order valence-corrected chi connectivity index (χ1v) is 8.78. The van der Waals surface area contributed by atoms with E-state index in [9.17, 15) is 21.6 Å². The highest BCUT2D eigenvalue weighted by molar-refractivity contribution is 7.89. The molecule has 0 aliphatic heterocycles. The predicted molar refractivity (Wildman–Crippen MR) is 79.5 cm³/mol. The molecule has 9 heteroatoms. The minimum atomic E-state index is -4.82. The molecule has 0 unspecified atom stereocenters. The summed E-state index contributed by atoms with van der Waals surface area (Å²) in [6.07, 6.45) is -4.82. The third kappa shape index (κ3) is 3.81. The molecule has 2 aromatic rings. The Morgan fingerprint density at radius 3 is 2.50 bits per heavy atom. The molecule has 22 heavy (non-hydrogen) atoms. The Kier molecular flexibility index (Phi) is 4.86. The zero-order chi connectivity index (χ0) is 16.5. The Balaban J connectivity index is 2.42. The zero-order valence-electron chi connectivity index (χ0n) is 11.2. The SMILES string of the molecule is C[C@@H](NS(=O)(=O)c1ccc(Cl)cc1C(F)(F)F)c1cccs1. The number of halogens is 4. The van der Waals surface area contributed by atoms with Crippen LogP contribution in [0.4, 0.5) is 13.2 Å². The zero-order valence-corrected chi connectivity index (χ0v) is 13.6. The van der Waals surface area contributed by atoms with Crippen molar-refractivity contribution in [2.75, 3.05) is 0 Å². The van der Waals surface area contributed by atoms with Crippen molar-refractivity contribution in [2.45, 2.75) is 24.0 Å². The van der Waals surface area contributed by atoms with Gasteiger partial charge >= 0.3 is 6.18 Å². The molecule has 0 aliphatic rings.